The SMILES string of the molecule is CC.Cc1cc2n(c(=O)c1COC(=O)O)Cc1cc3ccccc3nc1-2. The van der Waals surface area contributed by atoms with E-state index in [4.69, 9.17) is 10.1 Å². The molecular formula is C20H20N2O4. The summed E-state index contributed by atoms with van der Waals surface area (Å²) in [4.78, 5) is 28.0. The zero-order chi connectivity index (χ0) is 18.8. The molecule has 134 valence electrons. The Balaban J connectivity index is 0.000000948. The van der Waals surface area contributed by atoms with Crippen LogP contribution in [0, 0.1) is 6.92 Å². The fourth-order valence-electron chi connectivity index (χ4n) is 3.15. The van der Waals surface area contributed by atoms with Crippen LogP contribution in [-0.4, -0.2) is 20.8 Å². The molecule has 0 bridgehead atoms. The van der Waals surface area contributed by atoms with Gasteiger partial charge in [-0.25, -0.2) is 9.78 Å². The lowest BCUT2D eigenvalue weighted by Gasteiger charge is -2.10. The Kier molecular flexibility index (Phi) is 4.75. The van der Waals surface area contributed by atoms with Gasteiger partial charge in [-0.05, 0) is 30.7 Å². The fraction of sp³-hybridized carbons (Fsp3) is 0.250. The molecule has 0 aliphatic carbocycles. The second-order valence-corrected chi connectivity index (χ2v) is 5.83. The predicted octanol–water partition coefficient (Wildman–Crippen LogP) is 3.95. The number of aromatic nitrogens is 2. The summed E-state index contributed by atoms with van der Waals surface area (Å²) in [7, 11) is 0. The summed E-state index contributed by atoms with van der Waals surface area (Å²) in [5.74, 6) is 0. The van der Waals surface area contributed by atoms with Gasteiger partial charge in [-0.3, -0.25) is 4.79 Å². The van der Waals surface area contributed by atoms with Gasteiger partial charge in [0.2, 0.25) is 0 Å². The van der Waals surface area contributed by atoms with Crippen LogP contribution in [-0.2, 0) is 17.9 Å². The number of rotatable bonds is 2. The summed E-state index contributed by atoms with van der Waals surface area (Å²) < 4.78 is 6.21. The molecular weight excluding hydrogens is 332 g/mol. The predicted molar refractivity (Wildman–Crippen MR) is 99.4 cm³/mol. The normalized spacial score (nSPS) is 11.3. The van der Waals surface area contributed by atoms with Crippen LogP contribution in [0.25, 0.3) is 22.3 Å². The maximum Gasteiger partial charge on any atom is 0.506 e. The van der Waals surface area contributed by atoms with Crippen molar-refractivity contribution in [3.8, 4) is 11.4 Å². The van der Waals surface area contributed by atoms with Crippen molar-refractivity contribution in [3.63, 3.8) is 0 Å². The van der Waals surface area contributed by atoms with Crippen LogP contribution in [0.4, 0.5) is 4.79 Å². The van der Waals surface area contributed by atoms with Gasteiger partial charge in [0.05, 0.1) is 29.0 Å². The zero-order valence-electron chi connectivity index (χ0n) is 14.9. The lowest BCUT2D eigenvalue weighted by atomic mass is 10.1. The second-order valence-electron chi connectivity index (χ2n) is 5.83. The van der Waals surface area contributed by atoms with Crippen molar-refractivity contribution in [3.05, 3.63) is 63.4 Å². The van der Waals surface area contributed by atoms with E-state index in [-0.39, 0.29) is 12.2 Å². The van der Waals surface area contributed by atoms with Crippen molar-refractivity contribution in [1.29, 1.82) is 0 Å². The Labute approximate surface area is 150 Å². The number of pyridine rings is 2. The third kappa shape index (κ3) is 2.94. The molecule has 6 nitrogen and oxygen atoms in total. The fourth-order valence-corrected chi connectivity index (χ4v) is 3.15. The van der Waals surface area contributed by atoms with E-state index < -0.39 is 6.16 Å². The van der Waals surface area contributed by atoms with Gasteiger partial charge in [0.1, 0.15) is 6.61 Å². The first-order valence-corrected chi connectivity index (χ1v) is 8.52. The summed E-state index contributed by atoms with van der Waals surface area (Å²) in [5, 5.41) is 9.69. The molecule has 0 spiro atoms. The van der Waals surface area contributed by atoms with Gasteiger partial charge in [-0.15, -0.1) is 0 Å². The molecule has 0 saturated carbocycles. The molecule has 3 heterocycles. The molecule has 0 unspecified atom stereocenters. The third-order valence-corrected chi connectivity index (χ3v) is 4.34. The molecule has 1 aliphatic rings. The van der Waals surface area contributed by atoms with Gasteiger partial charge >= 0.3 is 6.16 Å². The van der Waals surface area contributed by atoms with Crippen molar-refractivity contribution < 1.29 is 14.6 Å². The minimum absolute atomic E-state index is 0.228. The van der Waals surface area contributed by atoms with Crippen LogP contribution in [0.15, 0.2) is 41.2 Å². The highest BCUT2D eigenvalue weighted by Gasteiger charge is 2.24. The first-order chi connectivity index (χ1) is 12.5. The van der Waals surface area contributed by atoms with E-state index in [1.165, 1.54) is 0 Å². The van der Waals surface area contributed by atoms with E-state index in [1.807, 2.05) is 50.2 Å². The van der Waals surface area contributed by atoms with Gasteiger partial charge in [0.15, 0.2) is 0 Å². The summed E-state index contributed by atoms with van der Waals surface area (Å²) in [6.07, 6.45) is -1.39. The van der Waals surface area contributed by atoms with Gasteiger partial charge in [-0.1, -0.05) is 32.0 Å². The molecule has 1 aromatic carbocycles. The smallest absolute Gasteiger partial charge is 0.450 e. The van der Waals surface area contributed by atoms with Gasteiger partial charge in [0.25, 0.3) is 5.56 Å². The highest BCUT2D eigenvalue weighted by atomic mass is 16.7. The van der Waals surface area contributed by atoms with Crippen molar-refractivity contribution in [2.45, 2.75) is 33.9 Å². The first-order valence-electron chi connectivity index (χ1n) is 8.52. The molecule has 1 aliphatic heterocycles. The van der Waals surface area contributed by atoms with Crippen molar-refractivity contribution in [2.24, 2.45) is 0 Å². The Bertz CT molecular complexity index is 1050. The molecule has 0 fully saturated rings. The van der Waals surface area contributed by atoms with Crippen molar-refractivity contribution in [2.75, 3.05) is 0 Å². The molecule has 2 aromatic heterocycles. The summed E-state index contributed by atoms with van der Waals surface area (Å²) in [5.41, 5.74) is 4.27. The van der Waals surface area contributed by atoms with E-state index in [2.05, 4.69) is 4.74 Å². The van der Waals surface area contributed by atoms with Crippen LogP contribution >= 0.6 is 0 Å². The maximum absolute atomic E-state index is 12.7. The average Bonchev–Trinajstić information content (AvgIpc) is 2.99. The van der Waals surface area contributed by atoms with Crippen LogP contribution in [0.5, 0.6) is 0 Å². The quantitative estimate of drug-likeness (QED) is 0.552. The van der Waals surface area contributed by atoms with Gasteiger partial charge in [0, 0.05) is 10.9 Å². The zero-order valence-corrected chi connectivity index (χ0v) is 14.9. The monoisotopic (exact) mass is 352 g/mol. The van der Waals surface area contributed by atoms with Crippen molar-refractivity contribution >= 4 is 17.1 Å². The number of nitrogens with zero attached hydrogens (tertiary/aromatic N) is 2. The van der Waals surface area contributed by atoms with Crippen LogP contribution in [0.1, 0.15) is 30.5 Å². The number of carboxylic acid groups (broad SMARTS) is 1. The molecule has 1 N–H and O–H groups in total. The average molecular weight is 352 g/mol. The Morgan fingerprint density at radius 3 is 2.73 bits per heavy atom. The van der Waals surface area contributed by atoms with E-state index in [0.717, 1.165) is 27.9 Å². The topological polar surface area (TPSA) is 81.4 Å². The molecule has 0 atom stereocenters. The third-order valence-electron chi connectivity index (χ3n) is 4.34. The molecule has 0 saturated heterocycles. The number of aryl methyl sites for hydroxylation is 1. The Hall–Kier alpha value is -3.15. The van der Waals surface area contributed by atoms with E-state index in [0.29, 0.717) is 17.7 Å². The van der Waals surface area contributed by atoms with E-state index in [1.54, 1.807) is 11.5 Å². The van der Waals surface area contributed by atoms with E-state index in [9.17, 15) is 9.59 Å². The van der Waals surface area contributed by atoms with Crippen LogP contribution in [0.2, 0.25) is 0 Å². The number of hydrogen-bond donors (Lipinski definition) is 1. The largest absolute Gasteiger partial charge is 0.506 e. The second kappa shape index (κ2) is 7.00. The van der Waals surface area contributed by atoms with Gasteiger partial charge < -0.3 is 14.4 Å². The lowest BCUT2D eigenvalue weighted by molar-refractivity contribution is 0.0848. The minimum atomic E-state index is -1.39. The summed E-state index contributed by atoms with van der Waals surface area (Å²) in [6.45, 7) is 5.97. The number of benzene rings is 1. The molecule has 0 radical (unpaired) electrons. The Morgan fingerprint density at radius 1 is 1.27 bits per heavy atom. The number of ether oxygens (including phenoxy) is 1. The number of carbonyl (C=O) groups is 1. The van der Waals surface area contributed by atoms with Crippen molar-refractivity contribution in [1.82, 2.24) is 9.55 Å². The van der Waals surface area contributed by atoms with Gasteiger partial charge in [-0.2, -0.15) is 0 Å². The molecule has 6 heteroatoms. The highest BCUT2D eigenvalue weighted by molar-refractivity contribution is 5.83. The highest BCUT2D eigenvalue weighted by Crippen LogP contribution is 2.32. The van der Waals surface area contributed by atoms with Crippen LogP contribution < -0.4 is 5.56 Å². The molecule has 26 heavy (non-hydrogen) atoms. The van der Waals surface area contributed by atoms with E-state index >= 15 is 0 Å². The number of hydrogen-bond acceptors (Lipinski definition) is 4. The number of fused-ring (bicyclic) bond motifs is 4. The molecule has 0 amide bonds. The first kappa shape index (κ1) is 17.7. The number of para-hydroxylation sites is 1. The maximum atomic E-state index is 12.7. The standard InChI is InChI=1S/C18H14N2O4.C2H6/c1-10-6-15-16-12(7-11-4-2-3-5-14(11)19-16)8-20(15)17(21)13(10)9-24-18(22)23;1-2/h2-7H,8-9H2,1H3,(H,22,23);1-2H3. The Morgan fingerprint density at radius 2 is 2.00 bits per heavy atom. The summed E-state index contributed by atoms with van der Waals surface area (Å²) in [6, 6.07) is 11.7. The molecule has 4 rings (SSSR count). The lowest BCUT2D eigenvalue weighted by Crippen LogP contribution is -2.25. The minimum Gasteiger partial charge on any atom is -0.450 e. The summed E-state index contributed by atoms with van der Waals surface area (Å²) >= 11 is 0. The van der Waals surface area contributed by atoms with Crippen LogP contribution in [0.3, 0.4) is 0 Å². The molecule has 3 aromatic rings.